The minimum atomic E-state index is -1.37. The van der Waals surface area contributed by atoms with Crippen LogP contribution in [0.15, 0.2) is 22.7 Å². The second kappa shape index (κ2) is 4.68. The van der Waals surface area contributed by atoms with Crippen LogP contribution in [-0.2, 0) is 0 Å². The molecule has 0 spiro atoms. The van der Waals surface area contributed by atoms with Gasteiger partial charge in [0.15, 0.2) is 17.4 Å². The molecule has 80 valence electrons. The van der Waals surface area contributed by atoms with Crippen LogP contribution >= 0.6 is 23.2 Å². The van der Waals surface area contributed by atoms with Crippen LogP contribution in [0.2, 0.25) is 0 Å². The molecular formula is C9H3Cl2F3O. The Balaban J connectivity index is 3.21. The SMILES string of the molecule is O=C(C=C(Cl)Cl)c1cc(F)c(F)cc1F. The van der Waals surface area contributed by atoms with E-state index in [1.807, 2.05) is 0 Å². The van der Waals surface area contributed by atoms with Gasteiger partial charge in [-0.3, -0.25) is 4.79 Å². The highest BCUT2D eigenvalue weighted by Crippen LogP contribution is 2.16. The Morgan fingerprint density at radius 1 is 1.07 bits per heavy atom. The highest BCUT2D eigenvalue weighted by Gasteiger charge is 2.14. The van der Waals surface area contributed by atoms with E-state index in [4.69, 9.17) is 23.2 Å². The third kappa shape index (κ3) is 2.97. The Bertz CT molecular complexity index is 439. The summed E-state index contributed by atoms with van der Waals surface area (Å²) in [5, 5.41) is 0. The van der Waals surface area contributed by atoms with Crippen molar-refractivity contribution < 1.29 is 18.0 Å². The van der Waals surface area contributed by atoms with E-state index < -0.39 is 33.3 Å². The van der Waals surface area contributed by atoms with Gasteiger partial charge in [-0.15, -0.1) is 0 Å². The first-order valence-electron chi connectivity index (χ1n) is 3.63. The fourth-order valence-electron chi connectivity index (χ4n) is 0.888. The monoisotopic (exact) mass is 254 g/mol. The highest BCUT2D eigenvalue weighted by atomic mass is 35.5. The Morgan fingerprint density at radius 2 is 1.60 bits per heavy atom. The summed E-state index contributed by atoms with van der Waals surface area (Å²) in [6.45, 7) is 0. The van der Waals surface area contributed by atoms with Crippen molar-refractivity contribution in [2.45, 2.75) is 0 Å². The second-order valence-corrected chi connectivity index (χ2v) is 3.55. The minimum Gasteiger partial charge on any atom is -0.289 e. The molecule has 0 N–H and O–H groups in total. The number of allylic oxidation sites excluding steroid dienone is 1. The van der Waals surface area contributed by atoms with Gasteiger partial charge in [-0.25, -0.2) is 13.2 Å². The lowest BCUT2D eigenvalue weighted by atomic mass is 10.1. The first-order chi connectivity index (χ1) is 6.91. The molecule has 0 aliphatic heterocycles. The molecule has 0 aliphatic carbocycles. The molecule has 0 bridgehead atoms. The zero-order valence-electron chi connectivity index (χ0n) is 7.03. The quantitative estimate of drug-likeness (QED) is 0.448. The topological polar surface area (TPSA) is 17.1 Å². The fourth-order valence-corrected chi connectivity index (χ4v) is 1.09. The van der Waals surface area contributed by atoms with Crippen molar-refractivity contribution in [2.75, 3.05) is 0 Å². The number of ketones is 1. The molecule has 0 amide bonds. The Labute approximate surface area is 93.1 Å². The molecule has 1 nitrogen and oxygen atoms in total. The van der Waals surface area contributed by atoms with Crippen molar-refractivity contribution in [1.29, 1.82) is 0 Å². The van der Waals surface area contributed by atoms with E-state index in [0.29, 0.717) is 12.1 Å². The molecule has 0 fully saturated rings. The van der Waals surface area contributed by atoms with Gasteiger partial charge < -0.3 is 0 Å². The van der Waals surface area contributed by atoms with Crippen molar-refractivity contribution in [1.82, 2.24) is 0 Å². The van der Waals surface area contributed by atoms with Crippen molar-refractivity contribution in [3.63, 3.8) is 0 Å². The number of benzene rings is 1. The van der Waals surface area contributed by atoms with Crippen LogP contribution in [0.3, 0.4) is 0 Å². The second-order valence-electron chi connectivity index (χ2n) is 2.54. The van der Waals surface area contributed by atoms with E-state index in [1.165, 1.54) is 0 Å². The molecule has 0 saturated heterocycles. The number of carbonyl (C=O) groups excluding carboxylic acids is 1. The molecule has 6 heteroatoms. The third-order valence-electron chi connectivity index (χ3n) is 1.52. The average molecular weight is 255 g/mol. The summed E-state index contributed by atoms with van der Waals surface area (Å²) in [6.07, 6.45) is 0.693. The number of hydrogen-bond donors (Lipinski definition) is 0. The smallest absolute Gasteiger partial charge is 0.191 e. The van der Waals surface area contributed by atoms with Crippen molar-refractivity contribution in [3.05, 3.63) is 45.7 Å². The number of carbonyl (C=O) groups is 1. The summed E-state index contributed by atoms with van der Waals surface area (Å²) in [4.78, 5) is 11.2. The van der Waals surface area contributed by atoms with Crippen LogP contribution in [0.25, 0.3) is 0 Å². The summed E-state index contributed by atoms with van der Waals surface area (Å²) in [5.41, 5.74) is -0.632. The molecule has 15 heavy (non-hydrogen) atoms. The van der Waals surface area contributed by atoms with Gasteiger partial charge in [-0.1, -0.05) is 23.2 Å². The van der Waals surface area contributed by atoms with E-state index >= 15 is 0 Å². The average Bonchev–Trinajstić information content (AvgIpc) is 2.09. The van der Waals surface area contributed by atoms with Crippen molar-refractivity contribution >= 4 is 29.0 Å². The lowest BCUT2D eigenvalue weighted by Gasteiger charge is -1.99. The zero-order chi connectivity index (χ0) is 11.6. The van der Waals surface area contributed by atoms with Crippen molar-refractivity contribution in [2.24, 2.45) is 0 Å². The molecule has 0 saturated carbocycles. The van der Waals surface area contributed by atoms with Crippen LogP contribution in [0.1, 0.15) is 10.4 Å². The van der Waals surface area contributed by atoms with E-state index in [0.717, 1.165) is 0 Å². The standard InChI is InChI=1S/C9H3Cl2F3O/c10-9(11)3-8(15)4-1-6(13)7(14)2-5(4)12/h1-3H. The molecule has 1 aromatic carbocycles. The fraction of sp³-hybridized carbons (Fsp3) is 0. The molecular weight excluding hydrogens is 252 g/mol. The molecule has 0 unspecified atom stereocenters. The van der Waals surface area contributed by atoms with Gasteiger partial charge in [0.25, 0.3) is 0 Å². The maximum Gasteiger partial charge on any atom is 0.191 e. The van der Waals surface area contributed by atoms with Crippen molar-refractivity contribution in [3.8, 4) is 0 Å². The van der Waals surface area contributed by atoms with Crippen LogP contribution in [-0.4, -0.2) is 5.78 Å². The summed E-state index contributed by atoms with van der Waals surface area (Å²) in [7, 11) is 0. The predicted octanol–water partition coefficient (Wildman–Crippen LogP) is 3.61. The normalized spacial score (nSPS) is 9.93. The van der Waals surface area contributed by atoms with Gasteiger partial charge in [0.05, 0.1) is 5.56 Å². The highest BCUT2D eigenvalue weighted by molar-refractivity contribution is 6.57. The summed E-state index contributed by atoms with van der Waals surface area (Å²) >= 11 is 10.3. The van der Waals surface area contributed by atoms with Gasteiger partial charge in [0.1, 0.15) is 10.3 Å². The lowest BCUT2D eigenvalue weighted by Crippen LogP contribution is -2.01. The van der Waals surface area contributed by atoms with E-state index in [9.17, 15) is 18.0 Å². The van der Waals surface area contributed by atoms with E-state index in [2.05, 4.69) is 0 Å². The minimum absolute atomic E-state index is 0.276. The van der Waals surface area contributed by atoms with Crippen LogP contribution in [0, 0.1) is 17.5 Å². The summed E-state index contributed by atoms with van der Waals surface area (Å²) in [6, 6.07) is 0.721. The largest absolute Gasteiger partial charge is 0.289 e. The molecule has 0 aromatic heterocycles. The first-order valence-corrected chi connectivity index (χ1v) is 4.39. The van der Waals surface area contributed by atoms with Gasteiger partial charge in [0.2, 0.25) is 0 Å². The van der Waals surface area contributed by atoms with Gasteiger partial charge in [-0.05, 0) is 6.07 Å². The zero-order valence-corrected chi connectivity index (χ0v) is 8.54. The maximum absolute atomic E-state index is 13.0. The lowest BCUT2D eigenvalue weighted by molar-refractivity contribution is 0.104. The molecule has 1 aromatic rings. The van der Waals surface area contributed by atoms with E-state index in [-0.39, 0.29) is 6.07 Å². The molecule has 0 atom stereocenters. The van der Waals surface area contributed by atoms with Gasteiger partial charge in [-0.2, -0.15) is 0 Å². The Hall–Kier alpha value is -1.00. The van der Waals surface area contributed by atoms with E-state index in [1.54, 1.807) is 0 Å². The first kappa shape index (κ1) is 12.1. The Kier molecular flexibility index (Phi) is 3.77. The van der Waals surface area contributed by atoms with Crippen LogP contribution in [0.4, 0.5) is 13.2 Å². The van der Waals surface area contributed by atoms with Crippen LogP contribution < -0.4 is 0 Å². The molecule has 0 aliphatic rings. The predicted molar refractivity (Wildman–Crippen MR) is 50.4 cm³/mol. The van der Waals surface area contributed by atoms with Crippen LogP contribution in [0.5, 0.6) is 0 Å². The molecule has 1 rings (SSSR count). The van der Waals surface area contributed by atoms with Gasteiger partial charge >= 0.3 is 0 Å². The molecule has 0 heterocycles. The van der Waals surface area contributed by atoms with Gasteiger partial charge in [0, 0.05) is 12.1 Å². The summed E-state index contributed by atoms with van der Waals surface area (Å²) in [5.74, 6) is -4.81. The Morgan fingerprint density at radius 3 is 2.13 bits per heavy atom. The molecule has 0 radical (unpaired) electrons. The number of rotatable bonds is 2. The maximum atomic E-state index is 13.0. The number of hydrogen-bond acceptors (Lipinski definition) is 1. The third-order valence-corrected chi connectivity index (χ3v) is 1.73. The summed E-state index contributed by atoms with van der Waals surface area (Å²) < 4.78 is 37.8. The number of halogens is 5.